The van der Waals surface area contributed by atoms with Gasteiger partial charge < -0.3 is 15.8 Å². The monoisotopic (exact) mass is 303 g/mol. The van der Waals surface area contributed by atoms with Gasteiger partial charge in [0.15, 0.2) is 5.13 Å². The van der Waals surface area contributed by atoms with Crippen molar-refractivity contribution in [3.63, 3.8) is 0 Å². The summed E-state index contributed by atoms with van der Waals surface area (Å²) < 4.78 is 5.64. The summed E-state index contributed by atoms with van der Waals surface area (Å²) in [5.74, 6) is 1.41. The fraction of sp³-hybridized carbons (Fsp3) is 0.333. The highest BCUT2D eigenvalue weighted by Gasteiger charge is 2.29. The molecule has 1 unspecified atom stereocenters. The molecule has 1 aromatic heterocycles. The number of ether oxygens (including phenoxy) is 1. The fourth-order valence-electron chi connectivity index (χ4n) is 2.46. The number of carbonyl (C=O) groups excluding carboxylic acids is 1. The number of nitrogens with one attached hydrogen (secondary N) is 1. The van der Waals surface area contributed by atoms with Gasteiger partial charge in [0, 0.05) is 12.3 Å². The number of carbonyl (C=O) groups is 1. The molecule has 1 aromatic carbocycles. The van der Waals surface area contributed by atoms with Gasteiger partial charge in [0.25, 0.3) is 0 Å². The van der Waals surface area contributed by atoms with E-state index in [2.05, 4.69) is 10.3 Å². The normalized spacial score (nSPS) is 17.5. The molecule has 0 fully saturated rings. The molecule has 1 atom stereocenters. The van der Waals surface area contributed by atoms with Crippen LogP contribution in [0.3, 0.4) is 0 Å². The third-order valence-electron chi connectivity index (χ3n) is 3.29. The van der Waals surface area contributed by atoms with E-state index in [9.17, 15) is 4.79 Å². The largest absolute Gasteiger partial charge is 0.491 e. The first-order valence-corrected chi connectivity index (χ1v) is 7.67. The van der Waals surface area contributed by atoms with Crippen LogP contribution in [0.25, 0.3) is 0 Å². The topological polar surface area (TPSA) is 77.2 Å². The van der Waals surface area contributed by atoms with Gasteiger partial charge in [0.1, 0.15) is 11.6 Å². The van der Waals surface area contributed by atoms with Crippen molar-refractivity contribution in [2.45, 2.75) is 32.3 Å². The molecule has 0 aliphatic carbocycles. The van der Waals surface area contributed by atoms with Crippen molar-refractivity contribution < 1.29 is 9.53 Å². The van der Waals surface area contributed by atoms with Crippen LogP contribution in [0, 0.1) is 0 Å². The van der Waals surface area contributed by atoms with Gasteiger partial charge in [-0.1, -0.05) is 23.5 Å². The predicted octanol–water partition coefficient (Wildman–Crippen LogP) is 2.99. The molecule has 110 valence electrons. The van der Waals surface area contributed by atoms with E-state index in [1.54, 1.807) is 0 Å². The second-order valence-corrected chi connectivity index (χ2v) is 6.37. The number of thiazole rings is 1. The van der Waals surface area contributed by atoms with Crippen molar-refractivity contribution in [1.29, 1.82) is 0 Å². The van der Waals surface area contributed by atoms with E-state index in [0.29, 0.717) is 17.4 Å². The summed E-state index contributed by atoms with van der Waals surface area (Å²) in [6.07, 6.45) is 0.558. The minimum absolute atomic E-state index is 0.0108. The first kappa shape index (κ1) is 13.9. The number of rotatable bonds is 3. The van der Waals surface area contributed by atoms with Crippen molar-refractivity contribution in [3.05, 3.63) is 34.7 Å². The summed E-state index contributed by atoms with van der Waals surface area (Å²) in [6.45, 7) is 3.98. The van der Waals surface area contributed by atoms with E-state index in [1.165, 1.54) is 11.3 Å². The molecule has 5 nitrogen and oxygen atoms in total. The third kappa shape index (κ3) is 2.85. The molecule has 3 rings (SSSR count). The average Bonchev–Trinajstić information content (AvgIpc) is 2.78. The zero-order valence-electron chi connectivity index (χ0n) is 11.9. The first-order valence-electron chi connectivity index (χ1n) is 6.85. The van der Waals surface area contributed by atoms with E-state index < -0.39 is 0 Å². The van der Waals surface area contributed by atoms with Gasteiger partial charge in [-0.3, -0.25) is 4.79 Å². The maximum Gasteiger partial charge on any atom is 0.226 e. The molecule has 21 heavy (non-hydrogen) atoms. The zero-order chi connectivity index (χ0) is 15.0. The molecule has 6 heteroatoms. The number of fused-ring (bicyclic) bond motifs is 1. The van der Waals surface area contributed by atoms with Crippen LogP contribution in [-0.2, 0) is 4.79 Å². The second-order valence-electron chi connectivity index (χ2n) is 5.31. The quantitative estimate of drug-likeness (QED) is 0.914. The number of nitrogens with two attached hydrogens (primary N) is 1. The van der Waals surface area contributed by atoms with Crippen LogP contribution in [0.15, 0.2) is 24.3 Å². The lowest BCUT2D eigenvalue weighted by molar-refractivity contribution is -0.116. The summed E-state index contributed by atoms with van der Waals surface area (Å²) in [4.78, 5) is 17.0. The van der Waals surface area contributed by atoms with Gasteiger partial charge in [-0.25, -0.2) is 4.98 Å². The summed E-state index contributed by atoms with van der Waals surface area (Å²) in [5, 5.41) is 3.25. The van der Waals surface area contributed by atoms with Gasteiger partial charge in [0.2, 0.25) is 5.91 Å². The van der Waals surface area contributed by atoms with Crippen molar-refractivity contribution in [1.82, 2.24) is 4.98 Å². The van der Waals surface area contributed by atoms with E-state index in [4.69, 9.17) is 10.5 Å². The summed E-state index contributed by atoms with van der Waals surface area (Å²) in [5.41, 5.74) is 6.83. The summed E-state index contributed by atoms with van der Waals surface area (Å²) >= 11 is 1.43. The Kier molecular flexibility index (Phi) is 3.55. The molecule has 0 radical (unpaired) electrons. The predicted molar refractivity (Wildman–Crippen MR) is 83.8 cm³/mol. The molecule has 0 saturated carbocycles. The van der Waals surface area contributed by atoms with Gasteiger partial charge in [-0.15, -0.1) is 0 Å². The van der Waals surface area contributed by atoms with E-state index in [1.807, 2.05) is 38.1 Å². The van der Waals surface area contributed by atoms with Crippen molar-refractivity contribution in [2.75, 3.05) is 11.1 Å². The standard InChI is InChI=1S/C15H17N3O2S/c1-8(2)20-10-5-3-9(4-6-10)11-7-12(19)17-14-13(11)21-15(16)18-14/h3-6,8,11H,7H2,1-2H3,(H2,16,18)(H,17,19). The number of anilines is 2. The van der Waals surface area contributed by atoms with Crippen molar-refractivity contribution >= 4 is 28.2 Å². The molecule has 3 N–H and O–H groups in total. The maximum absolute atomic E-state index is 11.8. The first-order chi connectivity index (χ1) is 10.0. The molecule has 2 aromatic rings. The number of nitrogens with zero attached hydrogens (tertiary/aromatic N) is 1. The molecule has 0 saturated heterocycles. The number of hydrogen-bond donors (Lipinski definition) is 2. The highest BCUT2D eigenvalue weighted by atomic mass is 32.1. The number of aromatic nitrogens is 1. The van der Waals surface area contributed by atoms with Gasteiger partial charge >= 0.3 is 0 Å². The minimum Gasteiger partial charge on any atom is -0.491 e. The number of hydrogen-bond acceptors (Lipinski definition) is 5. The van der Waals surface area contributed by atoms with Crippen LogP contribution in [0.4, 0.5) is 10.9 Å². The van der Waals surface area contributed by atoms with Crippen molar-refractivity contribution in [2.24, 2.45) is 0 Å². The molecule has 0 spiro atoms. The van der Waals surface area contributed by atoms with Gasteiger partial charge in [-0.2, -0.15) is 0 Å². The second kappa shape index (κ2) is 5.37. The lowest BCUT2D eigenvalue weighted by Gasteiger charge is -2.22. The van der Waals surface area contributed by atoms with E-state index >= 15 is 0 Å². The Morgan fingerprint density at radius 3 is 2.76 bits per heavy atom. The number of amides is 1. The Morgan fingerprint density at radius 2 is 2.10 bits per heavy atom. The third-order valence-corrected chi connectivity index (χ3v) is 4.29. The molecule has 1 amide bonds. The summed E-state index contributed by atoms with van der Waals surface area (Å²) in [6, 6.07) is 7.87. The van der Waals surface area contributed by atoms with Crippen LogP contribution in [0.1, 0.15) is 36.6 Å². The lowest BCUT2D eigenvalue weighted by Crippen LogP contribution is -2.22. The average molecular weight is 303 g/mol. The Morgan fingerprint density at radius 1 is 1.38 bits per heavy atom. The zero-order valence-corrected chi connectivity index (χ0v) is 12.7. The Bertz CT molecular complexity index is 664. The lowest BCUT2D eigenvalue weighted by atomic mass is 9.91. The van der Waals surface area contributed by atoms with Crippen LogP contribution in [0.2, 0.25) is 0 Å². The number of nitrogen functional groups attached to an aromatic ring is 1. The molecule has 1 aliphatic rings. The summed E-state index contributed by atoms with van der Waals surface area (Å²) in [7, 11) is 0. The highest BCUT2D eigenvalue weighted by Crippen LogP contribution is 2.41. The smallest absolute Gasteiger partial charge is 0.226 e. The molecular weight excluding hydrogens is 286 g/mol. The SMILES string of the molecule is CC(C)Oc1ccc(C2CC(=O)Nc3nc(N)sc32)cc1. The van der Waals surface area contributed by atoms with Crippen LogP contribution in [0.5, 0.6) is 5.75 Å². The van der Waals surface area contributed by atoms with E-state index in [-0.39, 0.29) is 17.9 Å². The maximum atomic E-state index is 11.8. The Labute approximate surface area is 127 Å². The molecule has 0 bridgehead atoms. The molecule has 1 aliphatic heterocycles. The van der Waals surface area contributed by atoms with Gasteiger partial charge in [-0.05, 0) is 31.5 Å². The fourth-order valence-corrected chi connectivity index (χ4v) is 3.37. The van der Waals surface area contributed by atoms with Gasteiger partial charge in [0.05, 0.1) is 11.0 Å². The van der Waals surface area contributed by atoms with E-state index in [0.717, 1.165) is 16.2 Å². The highest BCUT2D eigenvalue weighted by molar-refractivity contribution is 7.16. The molecule has 2 heterocycles. The number of benzene rings is 1. The van der Waals surface area contributed by atoms with Crippen LogP contribution >= 0.6 is 11.3 Å². The molecular formula is C15H17N3O2S. The van der Waals surface area contributed by atoms with Crippen LogP contribution < -0.4 is 15.8 Å². The Hall–Kier alpha value is -2.08. The Balaban J connectivity index is 1.91. The van der Waals surface area contributed by atoms with Crippen molar-refractivity contribution in [3.8, 4) is 5.75 Å². The minimum atomic E-state index is -0.0275. The van der Waals surface area contributed by atoms with Crippen LogP contribution in [-0.4, -0.2) is 17.0 Å².